The fraction of sp³-hybridized carbons (Fsp3) is 0.636. The second kappa shape index (κ2) is 5.45. The normalized spacial score (nSPS) is 22.3. The molecule has 0 aliphatic carbocycles. The average Bonchev–Trinajstić information content (AvgIpc) is 2.71. The SMILES string of the molecule is Cc1oc(CCl)cc1S(=O)(=O)N1CCSCC1C. The van der Waals surface area contributed by atoms with Crippen LogP contribution in [0.4, 0.5) is 0 Å². The molecule has 0 spiro atoms. The van der Waals surface area contributed by atoms with Crippen molar-refractivity contribution in [3.05, 3.63) is 17.6 Å². The van der Waals surface area contributed by atoms with Crippen LogP contribution in [0.5, 0.6) is 0 Å². The first kappa shape index (κ1) is 14.2. The highest BCUT2D eigenvalue weighted by atomic mass is 35.5. The lowest BCUT2D eigenvalue weighted by Gasteiger charge is -2.31. The Labute approximate surface area is 117 Å². The van der Waals surface area contributed by atoms with Gasteiger partial charge in [-0.15, -0.1) is 11.6 Å². The number of sulfonamides is 1. The summed E-state index contributed by atoms with van der Waals surface area (Å²) in [6.07, 6.45) is 0. The van der Waals surface area contributed by atoms with Gasteiger partial charge in [-0.3, -0.25) is 0 Å². The van der Waals surface area contributed by atoms with E-state index in [0.717, 1.165) is 11.5 Å². The van der Waals surface area contributed by atoms with E-state index in [1.54, 1.807) is 23.0 Å². The number of hydrogen-bond acceptors (Lipinski definition) is 4. The minimum absolute atomic E-state index is 0.0162. The summed E-state index contributed by atoms with van der Waals surface area (Å²) in [5.41, 5.74) is 0. The molecule has 0 radical (unpaired) electrons. The monoisotopic (exact) mass is 309 g/mol. The Morgan fingerprint density at radius 3 is 2.89 bits per heavy atom. The van der Waals surface area contributed by atoms with E-state index in [-0.39, 0.29) is 16.8 Å². The molecule has 0 bridgehead atoms. The molecule has 102 valence electrons. The molecule has 18 heavy (non-hydrogen) atoms. The number of aryl methyl sites for hydroxylation is 1. The van der Waals surface area contributed by atoms with Gasteiger partial charge in [0.05, 0.1) is 5.88 Å². The lowest BCUT2D eigenvalue weighted by molar-refractivity contribution is 0.366. The number of furan rings is 1. The molecule has 1 aliphatic heterocycles. The average molecular weight is 310 g/mol. The summed E-state index contributed by atoms with van der Waals surface area (Å²) in [5.74, 6) is 2.76. The quantitative estimate of drug-likeness (QED) is 0.805. The van der Waals surface area contributed by atoms with Crippen LogP contribution < -0.4 is 0 Å². The lowest BCUT2D eigenvalue weighted by atomic mass is 10.4. The molecule has 1 saturated heterocycles. The summed E-state index contributed by atoms with van der Waals surface area (Å²) in [6.45, 7) is 4.14. The Kier molecular flexibility index (Phi) is 4.31. The molecule has 0 N–H and O–H groups in total. The van der Waals surface area contributed by atoms with E-state index in [1.165, 1.54) is 6.07 Å². The molecule has 0 saturated carbocycles. The summed E-state index contributed by atoms with van der Waals surface area (Å²) >= 11 is 7.45. The van der Waals surface area contributed by atoms with Crippen molar-refractivity contribution in [2.75, 3.05) is 18.1 Å². The van der Waals surface area contributed by atoms with Crippen LogP contribution >= 0.6 is 23.4 Å². The Morgan fingerprint density at radius 2 is 2.33 bits per heavy atom. The molecule has 1 aromatic heterocycles. The first-order valence-electron chi connectivity index (χ1n) is 5.71. The molecule has 2 rings (SSSR count). The molecule has 1 unspecified atom stereocenters. The zero-order chi connectivity index (χ0) is 13.3. The topological polar surface area (TPSA) is 50.5 Å². The van der Waals surface area contributed by atoms with Gasteiger partial charge in [-0.25, -0.2) is 8.42 Å². The van der Waals surface area contributed by atoms with Gasteiger partial charge in [0.2, 0.25) is 10.0 Å². The molecule has 4 nitrogen and oxygen atoms in total. The van der Waals surface area contributed by atoms with Gasteiger partial charge in [-0.1, -0.05) is 0 Å². The van der Waals surface area contributed by atoms with Gasteiger partial charge < -0.3 is 4.42 Å². The number of rotatable bonds is 3. The summed E-state index contributed by atoms with van der Waals surface area (Å²) < 4.78 is 32.0. The van der Waals surface area contributed by atoms with E-state index >= 15 is 0 Å². The zero-order valence-electron chi connectivity index (χ0n) is 10.3. The molecule has 1 aromatic rings. The van der Waals surface area contributed by atoms with Crippen molar-refractivity contribution in [1.29, 1.82) is 0 Å². The van der Waals surface area contributed by atoms with Crippen LogP contribution in [0.15, 0.2) is 15.4 Å². The summed E-state index contributed by atoms with van der Waals surface area (Å²) in [7, 11) is -3.46. The maximum atomic E-state index is 12.6. The van der Waals surface area contributed by atoms with Gasteiger partial charge >= 0.3 is 0 Å². The number of hydrogen-bond donors (Lipinski definition) is 0. The van der Waals surface area contributed by atoms with Crippen LogP contribution in [-0.4, -0.2) is 36.8 Å². The maximum absolute atomic E-state index is 12.6. The molecule has 1 atom stereocenters. The van der Waals surface area contributed by atoms with Crippen LogP contribution in [0.25, 0.3) is 0 Å². The van der Waals surface area contributed by atoms with Crippen molar-refractivity contribution in [3.8, 4) is 0 Å². The smallest absolute Gasteiger partial charge is 0.246 e. The molecular weight excluding hydrogens is 294 g/mol. The van der Waals surface area contributed by atoms with E-state index < -0.39 is 10.0 Å². The highest BCUT2D eigenvalue weighted by Crippen LogP contribution is 2.28. The molecule has 1 aliphatic rings. The number of nitrogens with zero attached hydrogens (tertiary/aromatic N) is 1. The van der Waals surface area contributed by atoms with Gasteiger partial charge in [0.15, 0.2) is 0 Å². The van der Waals surface area contributed by atoms with Crippen LogP contribution in [0.1, 0.15) is 18.4 Å². The highest BCUT2D eigenvalue weighted by Gasteiger charge is 2.33. The Morgan fingerprint density at radius 1 is 1.61 bits per heavy atom. The van der Waals surface area contributed by atoms with Gasteiger partial charge in [0.25, 0.3) is 0 Å². The Bertz CT molecular complexity index is 526. The highest BCUT2D eigenvalue weighted by molar-refractivity contribution is 7.99. The summed E-state index contributed by atoms with van der Waals surface area (Å²) in [5, 5.41) is 0. The van der Waals surface area contributed by atoms with Crippen molar-refractivity contribution >= 4 is 33.4 Å². The van der Waals surface area contributed by atoms with E-state index in [0.29, 0.717) is 18.1 Å². The van der Waals surface area contributed by atoms with Gasteiger partial charge in [0.1, 0.15) is 16.4 Å². The van der Waals surface area contributed by atoms with Crippen molar-refractivity contribution in [2.24, 2.45) is 0 Å². The lowest BCUT2D eigenvalue weighted by Crippen LogP contribution is -2.44. The molecular formula is C11H16ClNO3S2. The standard InChI is InChI=1S/C11H16ClNO3S2/c1-8-7-17-4-3-13(8)18(14,15)11-5-10(6-12)16-9(11)2/h5,8H,3-4,6-7H2,1-2H3. The first-order valence-corrected chi connectivity index (χ1v) is 8.84. The minimum atomic E-state index is -3.46. The summed E-state index contributed by atoms with van der Waals surface area (Å²) in [4.78, 5) is 0.247. The Hall–Kier alpha value is -0.170. The second-order valence-electron chi connectivity index (χ2n) is 4.31. The summed E-state index contributed by atoms with van der Waals surface area (Å²) in [6, 6.07) is 1.55. The molecule has 7 heteroatoms. The number of halogens is 1. The van der Waals surface area contributed by atoms with Crippen LogP contribution in [-0.2, 0) is 15.9 Å². The number of thioether (sulfide) groups is 1. The third kappa shape index (κ3) is 2.57. The van der Waals surface area contributed by atoms with Gasteiger partial charge in [0, 0.05) is 30.2 Å². The van der Waals surface area contributed by atoms with E-state index in [9.17, 15) is 8.42 Å². The molecule has 0 amide bonds. The van der Waals surface area contributed by atoms with Crippen molar-refractivity contribution < 1.29 is 12.8 Å². The molecule has 1 fully saturated rings. The van der Waals surface area contributed by atoms with Crippen molar-refractivity contribution in [3.63, 3.8) is 0 Å². The molecule has 2 heterocycles. The van der Waals surface area contributed by atoms with Gasteiger partial charge in [-0.05, 0) is 13.8 Å². The van der Waals surface area contributed by atoms with E-state index in [2.05, 4.69) is 0 Å². The largest absolute Gasteiger partial charge is 0.464 e. The fourth-order valence-corrected chi connectivity index (χ4v) is 5.21. The van der Waals surface area contributed by atoms with Crippen molar-refractivity contribution in [2.45, 2.75) is 30.7 Å². The maximum Gasteiger partial charge on any atom is 0.246 e. The van der Waals surface area contributed by atoms with E-state index in [4.69, 9.17) is 16.0 Å². The minimum Gasteiger partial charge on any atom is -0.464 e. The fourth-order valence-electron chi connectivity index (χ4n) is 2.04. The number of alkyl halides is 1. The van der Waals surface area contributed by atoms with Gasteiger partial charge in [-0.2, -0.15) is 16.1 Å². The first-order chi connectivity index (χ1) is 8.46. The van der Waals surface area contributed by atoms with Crippen molar-refractivity contribution in [1.82, 2.24) is 4.31 Å². The Balaban J connectivity index is 2.37. The predicted octanol–water partition coefficient (Wildman–Crippen LogP) is 2.45. The predicted molar refractivity (Wildman–Crippen MR) is 73.7 cm³/mol. The zero-order valence-corrected chi connectivity index (χ0v) is 12.7. The van der Waals surface area contributed by atoms with Crippen LogP contribution in [0.3, 0.4) is 0 Å². The van der Waals surface area contributed by atoms with E-state index in [1.807, 2.05) is 6.92 Å². The third-order valence-corrected chi connectivity index (χ3v) is 6.52. The molecule has 0 aromatic carbocycles. The van der Waals surface area contributed by atoms with Crippen LogP contribution in [0, 0.1) is 6.92 Å². The van der Waals surface area contributed by atoms with Crippen LogP contribution in [0.2, 0.25) is 0 Å². The third-order valence-electron chi connectivity index (χ3n) is 2.95. The second-order valence-corrected chi connectivity index (χ2v) is 7.58.